The lowest BCUT2D eigenvalue weighted by Crippen LogP contribution is -2.32. The fraction of sp³-hybridized carbons (Fsp3) is 0.154. The van der Waals surface area contributed by atoms with Crippen molar-refractivity contribution in [1.29, 1.82) is 0 Å². The molecule has 2 rings (SSSR count). The summed E-state index contributed by atoms with van der Waals surface area (Å²) in [4.78, 5) is 27.4. The molecule has 2 amide bonds. The number of amides is 2. The minimum Gasteiger partial charge on any atom is -0.497 e. The zero-order valence-electron chi connectivity index (χ0n) is 10.8. The summed E-state index contributed by atoms with van der Waals surface area (Å²) < 4.78 is 5.03. The highest BCUT2D eigenvalue weighted by Gasteiger charge is 2.09. The van der Waals surface area contributed by atoms with Gasteiger partial charge < -0.3 is 15.4 Å². The second-order valence-corrected chi connectivity index (χ2v) is 4.69. The Balaban J connectivity index is 1.86. The molecule has 7 heteroatoms. The number of hydrogen-bond acceptors (Lipinski definition) is 5. The first-order valence-corrected chi connectivity index (χ1v) is 6.68. The molecule has 0 radical (unpaired) electrons. The smallest absolute Gasteiger partial charge is 0.251 e. The Morgan fingerprint density at radius 3 is 2.95 bits per heavy atom. The van der Waals surface area contributed by atoms with E-state index in [0.29, 0.717) is 16.4 Å². The molecule has 104 valence electrons. The van der Waals surface area contributed by atoms with Crippen molar-refractivity contribution in [1.82, 2.24) is 10.3 Å². The normalized spacial score (nSPS) is 9.85. The predicted molar refractivity (Wildman–Crippen MR) is 76.1 cm³/mol. The summed E-state index contributed by atoms with van der Waals surface area (Å²) in [7, 11) is 1.53. The molecular weight excluding hydrogens is 278 g/mol. The number of rotatable bonds is 5. The molecule has 0 spiro atoms. The van der Waals surface area contributed by atoms with Crippen LogP contribution in [0.15, 0.2) is 35.8 Å². The van der Waals surface area contributed by atoms with Gasteiger partial charge in [-0.1, -0.05) is 6.07 Å². The van der Waals surface area contributed by atoms with Crippen molar-refractivity contribution in [2.24, 2.45) is 0 Å². The van der Waals surface area contributed by atoms with Crippen LogP contribution in [0.1, 0.15) is 10.4 Å². The zero-order chi connectivity index (χ0) is 14.4. The van der Waals surface area contributed by atoms with E-state index in [0.717, 1.165) is 0 Å². The van der Waals surface area contributed by atoms with Crippen molar-refractivity contribution >= 4 is 28.3 Å². The van der Waals surface area contributed by atoms with E-state index in [2.05, 4.69) is 15.6 Å². The molecule has 0 aliphatic carbocycles. The average molecular weight is 291 g/mol. The van der Waals surface area contributed by atoms with Crippen LogP contribution in [0.5, 0.6) is 5.75 Å². The molecule has 0 unspecified atom stereocenters. The molecule has 0 saturated heterocycles. The van der Waals surface area contributed by atoms with E-state index in [1.807, 2.05) is 0 Å². The first-order valence-electron chi connectivity index (χ1n) is 5.80. The molecular formula is C13H13N3O3S. The molecule has 6 nitrogen and oxygen atoms in total. The van der Waals surface area contributed by atoms with E-state index in [-0.39, 0.29) is 18.4 Å². The van der Waals surface area contributed by atoms with Crippen molar-refractivity contribution in [2.75, 3.05) is 19.0 Å². The van der Waals surface area contributed by atoms with Crippen LogP contribution in [0.2, 0.25) is 0 Å². The Morgan fingerprint density at radius 1 is 1.40 bits per heavy atom. The van der Waals surface area contributed by atoms with Crippen molar-refractivity contribution < 1.29 is 14.3 Å². The summed E-state index contributed by atoms with van der Waals surface area (Å²) in [6, 6.07) is 6.71. The number of benzene rings is 1. The summed E-state index contributed by atoms with van der Waals surface area (Å²) in [6.45, 7) is -0.115. The lowest BCUT2D eigenvalue weighted by atomic mass is 10.2. The average Bonchev–Trinajstić information content (AvgIpc) is 2.97. The van der Waals surface area contributed by atoms with Crippen LogP contribution in [-0.2, 0) is 4.79 Å². The maximum absolute atomic E-state index is 11.9. The molecule has 2 N–H and O–H groups in total. The minimum absolute atomic E-state index is 0.115. The number of anilines is 1. The van der Waals surface area contributed by atoms with E-state index in [4.69, 9.17) is 4.74 Å². The first kappa shape index (κ1) is 14.0. The Kier molecular flexibility index (Phi) is 4.67. The second-order valence-electron chi connectivity index (χ2n) is 3.80. The number of nitrogens with zero attached hydrogens (tertiary/aromatic N) is 1. The van der Waals surface area contributed by atoms with Crippen molar-refractivity contribution in [3.05, 3.63) is 41.4 Å². The predicted octanol–water partition coefficient (Wildman–Crippen LogP) is 1.52. The Hall–Kier alpha value is -2.41. The quantitative estimate of drug-likeness (QED) is 0.875. The Bertz CT molecular complexity index is 599. The minimum atomic E-state index is -0.335. The van der Waals surface area contributed by atoms with Crippen molar-refractivity contribution in [3.8, 4) is 5.75 Å². The summed E-state index contributed by atoms with van der Waals surface area (Å²) in [6.07, 6.45) is 1.59. The summed E-state index contributed by atoms with van der Waals surface area (Å²) in [5.41, 5.74) is 0.436. The zero-order valence-corrected chi connectivity index (χ0v) is 11.6. The maximum atomic E-state index is 11.9. The van der Waals surface area contributed by atoms with Gasteiger partial charge in [-0.05, 0) is 18.2 Å². The molecule has 0 atom stereocenters. The Labute approximate surface area is 119 Å². The molecule has 0 aliphatic rings. The van der Waals surface area contributed by atoms with Crippen molar-refractivity contribution in [2.45, 2.75) is 0 Å². The van der Waals surface area contributed by atoms with Crippen LogP contribution in [0.3, 0.4) is 0 Å². The highest BCUT2D eigenvalue weighted by atomic mass is 32.1. The van der Waals surface area contributed by atoms with E-state index >= 15 is 0 Å². The summed E-state index contributed by atoms with van der Waals surface area (Å²) in [5.74, 6) is -0.0701. The summed E-state index contributed by atoms with van der Waals surface area (Å²) >= 11 is 1.31. The number of hydrogen-bond donors (Lipinski definition) is 2. The van der Waals surface area contributed by atoms with Crippen LogP contribution < -0.4 is 15.4 Å². The fourth-order valence-corrected chi connectivity index (χ4v) is 2.02. The van der Waals surface area contributed by atoms with Crippen LogP contribution in [0, 0.1) is 0 Å². The van der Waals surface area contributed by atoms with E-state index in [9.17, 15) is 9.59 Å². The van der Waals surface area contributed by atoms with Gasteiger partial charge >= 0.3 is 0 Å². The van der Waals surface area contributed by atoms with E-state index < -0.39 is 0 Å². The molecule has 0 aliphatic heterocycles. The number of methoxy groups -OCH3 is 1. The van der Waals surface area contributed by atoms with E-state index in [1.165, 1.54) is 18.4 Å². The van der Waals surface area contributed by atoms with Gasteiger partial charge in [0.05, 0.1) is 13.7 Å². The van der Waals surface area contributed by atoms with Crippen LogP contribution in [0.25, 0.3) is 0 Å². The molecule has 0 fully saturated rings. The second kappa shape index (κ2) is 6.67. The molecule has 2 aromatic rings. The van der Waals surface area contributed by atoms with Gasteiger partial charge in [0.1, 0.15) is 5.75 Å². The molecule has 1 heterocycles. The van der Waals surface area contributed by atoms with E-state index in [1.54, 1.807) is 35.8 Å². The standard InChI is InChI=1S/C13H13N3O3S/c1-19-10-4-2-3-9(7-10)12(18)15-8-11(17)16-13-14-5-6-20-13/h2-7H,8H2,1H3,(H,15,18)(H,14,16,17). The number of carbonyl (C=O) groups excluding carboxylic acids is 2. The van der Waals surface area contributed by atoms with Crippen LogP contribution in [0.4, 0.5) is 5.13 Å². The maximum Gasteiger partial charge on any atom is 0.251 e. The van der Waals surface area contributed by atoms with Gasteiger partial charge in [-0.15, -0.1) is 11.3 Å². The van der Waals surface area contributed by atoms with Gasteiger partial charge in [0.25, 0.3) is 5.91 Å². The monoisotopic (exact) mass is 291 g/mol. The molecule has 0 bridgehead atoms. The third-order valence-electron chi connectivity index (χ3n) is 2.42. The van der Waals surface area contributed by atoms with Gasteiger partial charge in [-0.2, -0.15) is 0 Å². The van der Waals surface area contributed by atoms with Gasteiger partial charge in [0, 0.05) is 17.1 Å². The topological polar surface area (TPSA) is 80.3 Å². The first-order chi connectivity index (χ1) is 9.69. The van der Waals surface area contributed by atoms with Gasteiger partial charge in [0.2, 0.25) is 5.91 Å². The number of carbonyl (C=O) groups is 2. The third-order valence-corrected chi connectivity index (χ3v) is 3.11. The van der Waals surface area contributed by atoms with Crippen LogP contribution >= 0.6 is 11.3 Å². The van der Waals surface area contributed by atoms with Gasteiger partial charge in [-0.3, -0.25) is 9.59 Å². The lowest BCUT2D eigenvalue weighted by Gasteiger charge is -2.06. The third kappa shape index (κ3) is 3.79. The SMILES string of the molecule is COc1cccc(C(=O)NCC(=O)Nc2nccs2)c1. The largest absolute Gasteiger partial charge is 0.497 e. The number of nitrogens with one attached hydrogen (secondary N) is 2. The Morgan fingerprint density at radius 2 is 2.25 bits per heavy atom. The highest BCUT2D eigenvalue weighted by Crippen LogP contribution is 2.12. The highest BCUT2D eigenvalue weighted by molar-refractivity contribution is 7.13. The molecule has 20 heavy (non-hydrogen) atoms. The number of aromatic nitrogens is 1. The molecule has 1 aromatic heterocycles. The lowest BCUT2D eigenvalue weighted by molar-refractivity contribution is -0.115. The van der Waals surface area contributed by atoms with Crippen molar-refractivity contribution in [3.63, 3.8) is 0 Å². The fourth-order valence-electron chi connectivity index (χ4n) is 1.48. The van der Waals surface area contributed by atoms with Gasteiger partial charge in [0.15, 0.2) is 5.13 Å². The number of ether oxygens (including phenoxy) is 1. The molecule has 1 aromatic carbocycles. The molecule has 0 saturated carbocycles. The summed E-state index contributed by atoms with van der Waals surface area (Å²) in [5, 5.41) is 7.37. The van der Waals surface area contributed by atoms with Gasteiger partial charge in [-0.25, -0.2) is 4.98 Å². The van der Waals surface area contributed by atoms with Crippen LogP contribution in [-0.4, -0.2) is 30.5 Å². The number of thiazole rings is 1.